The molecule has 0 aliphatic carbocycles. The lowest BCUT2D eigenvalue weighted by atomic mass is 10.0. The maximum atomic E-state index is 12.8. The third-order valence-corrected chi connectivity index (χ3v) is 12.5. The van der Waals surface area contributed by atoms with Crippen LogP contribution in [-0.4, -0.2) is 80.6 Å². The van der Waals surface area contributed by atoms with Crippen LogP contribution in [0, 0.1) is 0 Å². The Morgan fingerprint density at radius 3 is 1.27 bits per heavy atom. The SMILES string of the molecule is CC/C=C/C/C=C/C/C=C/CCCCCCCCCCCCC(=O)OCC(COCCC(C(=O)O)[N+](C)(C)C)OC(=O)CCCCCCCCC/C=C/CCCCCCCCCCCCC. The molecule has 2 atom stereocenters. The maximum absolute atomic E-state index is 12.8. The van der Waals surface area contributed by atoms with Gasteiger partial charge in [0.05, 0.1) is 34.4 Å². The fourth-order valence-corrected chi connectivity index (χ4v) is 8.22. The van der Waals surface area contributed by atoms with E-state index in [1.165, 1.54) is 161 Å². The molecule has 0 bridgehead atoms. The predicted molar refractivity (Wildman–Crippen MR) is 280 cm³/mol. The highest BCUT2D eigenvalue weighted by atomic mass is 16.6. The van der Waals surface area contributed by atoms with Crippen LogP contribution < -0.4 is 0 Å². The molecule has 384 valence electrons. The molecule has 1 N–H and O–H groups in total. The van der Waals surface area contributed by atoms with Gasteiger partial charge in [-0.25, -0.2) is 4.79 Å². The summed E-state index contributed by atoms with van der Waals surface area (Å²) < 4.78 is 17.4. The van der Waals surface area contributed by atoms with Crippen LogP contribution in [0.15, 0.2) is 48.6 Å². The molecule has 0 aliphatic rings. The molecule has 66 heavy (non-hydrogen) atoms. The number of hydrogen-bond donors (Lipinski definition) is 1. The Hall–Kier alpha value is -2.71. The normalized spacial score (nSPS) is 13.2. The van der Waals surface area contributed by atoms with Gasteiger partial charge in [-0.2, -0.15) is 0 Å². The summed E-state index contributed by atoms with van der Waals surface area (Å²) >= 11 is 0. The molecule has 8 nitrogen and oxygen atoms in total. The van der Waals surface area contributed by atoms with Gasteiger partial charge in [0.2, 0.25) is 0 Å². The number of unbranched alkanes of at least 4 members (excludes halogenated alkanes) is 28. The Labute approximate surface area is 407 Å². The van der Waals surface area contributed by atoms with Crippen molar-refractivity contribution in [3.8, 4) is 0 Å². The molecule has 0 heterocycles. The lowest BCUT2D eigenvalue weighted by Gasteiger charge is -2.31. The number of nitrogens with zero attached hydrogens (tertiary/aromatic N) is 1. The Balaban J connectivity index is 4.19. The lowest BCUT2D eigenvalue weighted by molar-refractivity contribution is -0.887. The first-order valence-corrected chi connectivity index (χ1v) is 27.7. The number of carboxylic acid groups (broad SMARTS) is 1. The van der Waals surface area contributed by atoms with Crippen molar-refractivity contribution in [2.75, 3.05) is 41.0 Å². The van der Waals surface area contributed by atoms with Crippen molar-refractivity contribution in [3.63, 3.8) is 0 Å². The Morgan fingerprint density at radius 2 is 0.848 bits per heavy atom. The van der Waals surface area contributed by atoms with Crippen LogP contribution >= 0.6 is 0 Å². The monoisotopic (exact) mass is 929 g/mol. The van der Waals surface area contributed by atoms with Crippen molar-refractivity contribution in [2.24, 2.45) is 0 Å². The number of quaternary nitrogens is 1. The van der Waals surface area contributed by atoms with Crippen molar-refractivity contribution in [3.05, 3.63) is 48.6 Å². The molecule has 0 saturated heterocycles. The second-order valence-electron chi connectivity index (χ2n) is 19.8. The zero-order valence-corrected chi connectivity index (χ0v) is 43.9. The fraction of sp³-hybridized carbons (Fsp3) is 0.810. The highest BCUT2D eigenvalue weighted by Crippen LogP contribution is 2.16. The van der Waals surface area contributed by atoms with Gasteiger partial charge in [0.25, 0.3) is 0 Å². The first kappa shape index (κ1) is 63.3. The molecule has 0 saturated carbocycles. The Kier molecular flexibility index (Phi) is 46.7. The van der Waals surface area contributed by atoms with E-state index in [0.29, 0.717) is 19.3 Å². The van der Waals surface area contributed by atoms with E-state index in [4.69, 9.17) is 14.2 Å². The fourth-order valence-electron chi connectivity index (χ4n) is 8.22. The second-order valence-corrected chi connectivity index (χ2v) is 19.8. The van der Waals surface area contributed by atoms with Crippen LogP contribution in [0.4, 0.5) is 0 Å². The van der Waals surface area contributed by atoms with Crippen molar-refractivity contribution in [2.45, 2.75) is 264 Å². The standard InChI is InChI=1S/C58H105NO7/c1-6-8-10-12-14-16-18-20-22-24-26-28-29-31-33-35-37-39-41-43-45-47-49-57(61)66-54(52-64-51-50-55(58(62)63)59(3,4)5)53-65-56(60)48-46-44-42-40-38-36-34-32-30-27-25-23-21-19-17-15-13-11-9-7-2/h9,11,15,17,21,23,29,31,54-55H,6-8,10,12-14,16,18-20,22,24-28,30,32-53H2,1-5H3/p+1/b11-9+,17-15+,23-21+,31-29+. The van der Waals surface area contributed by atoms with Crippen LogP contribution in [0.25, 0.3) is 0 Å². The third-order valence-electron chi connectivity index (χ3n) is 12.5. The Morgan fingerprint density at radius 1 is 0.470 bits per heavy atom. The maximum Gasteiger partial charge on any atom is 0.362 e. The van der Waals surface area contributed by atoms with E-state index < -0.39 is 18.1 Å². The van der Waals surface area contributed by atoms with Gasteiger partial charge in [-0.1, -0.05) is 210 Å². The van der Waals surface area contributed by atoms with Crippen LogP contribution in [0.2, 0.25) is 0 Å². The molecule has 0 rings (SSSR count). The average Bonchev–Trinajstić information content (AvgIpc) is 3.28. The quantitative estimate of drug-likeness (QED) is 0.0281. The summed E-state index contributed by atoms with van der Waals surface area (Å²) in [6.45, 7) is 4.66. The molecule has 0 spiro atoms. The lowest BCUT2D eigenvalue weighted by Crippen LogP contribution is -2.50. The molecular formula is C58H106NO7+. The number of esters is 2. The summed E-state index contributed by atoms with van der Waals surface area (Å²) in [5.41, 5.74) is 0. The van der Waals surface area contributed by atoms with Gasteiger partial charge in [-0.3, -0.25) is 9.59 Å². The molecule has 0 amide bonds. The third kappa shape index (κ3) is 46.4. The van der Waals surface area contributed by atoms with E-state index in [1.54, 1.807) is 0 Å². The molecule has 0 aromatic heterocycles. The average molecular weight is 929 g/mol. The number of allylic oxidation sites excluding steroid dienone is 8. The summed E-state index contributed by atoms with van der Waals surface area (Å²) in [6.07, 6.45) is 60.2. The van der Waals surface area contributed by atoms with Gasteiger partial charge in [0.1, 0.15) is 6.61 Å². The van der Waals surface area contributed by atoms with Crippen molar-refractivity contribution in [1.82, 2.24) is 0 Å². The predicted octanol–water partition coefficient (Wildman–Crippen LogP) is 16.3. The van der Waals surface area contributed by atoms with E-state index in [1.807, 2.05) is 21.1 Å². The topological polar surface area (TPSA) is 99.1 Å². The smallest absolute Gasteiger partial charge is 0.362 e. The van der Waals surface area contributed by atoms with Crippen LogP contribution in [-0.2, 0) is 28.6 Å². The van der Waals surface area contributed by atoms with Gasteiger partial charge in [-0.15, -0.1) is 0 Å². The summed E-state index contributed by atoms with van der Waals surface area (Å²) in [5.74, 6) is -1.47. The molecular weight excluding hydrogens is 823 g/mol. The van der Waals surface area contributed by atoms with Gasteiger partial charge in [0, 0.05) is 19.3 Å². The summed E-state index contributed by atoms with van der Waals surface area (Å²) in [4.78, 5) is 37.2. The molecule has 0 radical (unpaired) electrons. The molecule has 0 fully saturated rings. The summed E-state index contributed by atoms with van der Waals surface area (Å²) in [6, 6.07) is -0.617. The first-order valence-electron chi connectivity index (χ1n) is 27.7. The van der Waals surface area contributed by atoms with Crippen LogP contribution in [0.3, 0.4) is 0 Å². The van der Waals surface area contributed by atoms with Crippen LogP contribution in [0.5, 0.6) is 0 Å². The minimum Gasteiger partial charge on any atom is -0.477 e. The zero-order chi connectivity index (χ0) is 48.4. The number of rotatable bonds is 50. The van der Waals surface area contributed by atoms with Gasteiger partial charge < -0.3 is 23.8 Å². The largest absolute Gasteiger partial charge is 0.477 e. The summed E-state index contributed by atoms with van der Waals surface area (Å²) in [5, 5.41) is 9.67. The first-order chi connectivity index (χ1) is 32.1. The molecule has 2 unspecified atom stereocenters. The van der Waals surface area contributed by atoms with E-state index in [-0.39, 0.29) is 36.2 Å². The number of carbonyl (C=O) groups is 3. The van der Waals surface area contributed by atoms with Gasteiger partial charge in [-0.05, 0) is 70.6 Å². The van der Waals surface area contributed by atoms with E-state index >= 15 is 0 Å². The van der Waals surface area contributed by atoms with E-state index in [0.717, 1.165) is 57.8 Å². The molecule has 0 aromatic carbocycles. The van der Waals surface area contributed by atoms with Crippen molar-refractivity contribution in [1.29, 1.82) is 0 Å². The summed E-state index contributed by atoms with van der Waals surface area (Å²) in [7, 11) is 5.54. The minimum absolute atomic E-state index is 0.0539. The van der Waals surface area contributed by atoms with Gasteiger partial charge in [0.15, 0.2) is 12.1 Å². The van der Waals surface area contributed by atoms with Crippen molar-refractivity contribution < 1.29 is 38.2 Å². The van der Waals surface area contributed by atoms with Crippen LogP contribution in [0.1, 0.15) is 251 Å². The molecule has 0 aromatic rings. The zero-order valence-electron chi connectivity index (χ0n) is 43.9. The number of carbonyl (C=O) groups excluding carboxylic acids is 2. The van der Waals surface area contributed by atoms with E-state index in [9.17, 15) is 19.5 Å². The number of likely N-dealkylation sites (N-methyl/N-ethyl adjacent to an activating group) is 1. The number of aliphatic carboxylic acids is 1. The molecule has 8 heteroatoms. The van der Waals surface area contributed by atoms with Gasteiger partial charge >= 0.3 is 17.9 Å². The Bertz CT molecular complexity index is 1220. The highest BCUT2D eigenvalue weighted by Gasteiger charge is 2.31. The number of ether oxygens (including phenoxy) is 3. The van der Waals surface area contributed by atoms with E-state index in [2.05, 4.69) is 62.5 Å². The highest BCUT2D eigenvalue weighted by molar-refractivity contribution is 5.72. The number of carboxylic acids is 1. The number of hydrogen-bond acceptors (Lipinski definition) is 6. The molecule has 0 aliphatic heterocycles. The minimum atomic E-state index is -0.874. The van der Waals surface area contributed by atoms with Crippen molar-refractivity contribution >= 4 is 17.9 Å². The second kappa shape index (κ2) is 48.7.